The first-order chi connectivity index (χ1) is 8.55. The lowest BCUT2D eigenvalue weighted by atomic mass is 9.86. The number of methoxy groups -OCH3 is 1. The van der Waals surface area contributed by atoms with E-state index >= 15 is 0 Å². The first-order valence-electron chi connectivity index (χ1n) is 5.53. The minimum Gasteiger partial charge on any atom is -0.496 e. The first-order valence-corrected chi connectivity index (χ1v) is 5.53. The van der Waals surface area contributed by atoms with Crippen LogP contribution in [0.1, 0.15) is 26.3 Å². The second-order valence-corrected chi connectivity index (χ2v) is 5.00. The van der Waals surface area contributed by atoms with Gasteiger partial charge in [-0.25, -0.2) is 4.79 Å². The SMILES string of the molecule is COc1ccc(OC(=O)C(F)(F)F)cc1C(C)(C)C. The Morgan fingerprint density at radius 1 is 1.16 bits per heavy atom. The van der Waals surface area contributed by atoms with Gasteiger partial charge in [0.25, 0.3) is 0 Å². The van der Waals surface area contributed by atoms with Gasteiger partial charge in [-0.15, -0.1) is 0 Å². The molecule has 0 N–H and O–H groups in total. The molecular formula is C13H15F3O3. The Morgan fingerprint density at radius 2 is 1.74 bits per heavy atom. The molecule has 0 saturated heterocycles. The summed E-state index contributed by atoms with van der Waals surface area (Å²) >= 11 is 0. The summed E-state index contributed by atoms with van der Waals surface area (Å²) in [4.78, 5) is 10.8. The summed E-state index contributed by atoms with van der Waals surface area (Å²) in [5.74, 6) is -1.87. The number of carbonyl (C=O) groups is 1. The van der Waals surface area contributed by atoms with Crippen LogP contribution in [0.15, 0.2) is 18.2 Å². The molecule has 106 valence electrons. The summed E-state index contributed by atoms with van der Waals surface area (Å²) in [5, 5.41) is 0. The summed E-state index contributed by atoms with van der Waals surface area (Å²) in [6, 6.07) is 4.11. The highest BCUT2D eigenvalue weighted by atomic mass is 19.4. The lowest BCUT2D eigenvalue weighted by Crippen LogP contribution is -2.28. The highest BCUT2D eigenvalue weighted by Gasteiger charge is 2.41. The Hall–Kier alpha value is -1.72. The molecule has 6 heteroatoms. The van der Waals surface area contributed by atoms with Crippen LogP contribution in [-0.4, -0.2) is 19.3 Å². The number of rotatable bonds is 2. The fraction of sp³-hybridized carbons (Fsp3) is 0.462. The van der Waals surface area contributed by atoms with Crippen LogP contribution in [0.2, 0.25) is 0 Å². The monoisotopic (exact) mass is 276 g/mol. The third-order valence-electron chi connectivity index (χ3n) is 2.42. The summed E-state index contributed by atoms with van der Waals surface area (Å²) in [6.45, 7) is 5.63. The molecule has 0 aliphatic rings. The van der Waals surface area contributed by atoms with E-state index in [1.165, 1.54) is 25.3 Å². The van der Waals surface area contributed by atoms with Gasteiger partial charge in [-0.1, -0.05) is 20.8 Å². The minimum atomic E-state index is -5.01. The molecule has 0 unspecified atom stereocenters. The molecule has 0 saturated carbocycles. The highest BCUT2D eigenvalue weighted by Crippen LogP contribution is 2.34. The molecule has 3 nitrogen and oxygen atoms in total. The molecule has 19 heavy (non-hydrogen) atoms. The number of alkyl halides is 3. The molecule has 0 atom stereocenters. The zero-order valence-electron chi connectivity index (χ0n) is 11.1. The molecule has 0 amide bonds. The van der Waals surface area contributed by atoms with E-state index < -0.39 is 12.1 Å². The van der Waals surface area contributed by atoms with E-state index in [9.17, 15) is 18.0 Å². The molecule has 0 bridgehead atoms. The smallest absolute Gasteiger partial charge is 0.491 e. The van der Waals surface area contributed by atoms with Gasteiger partial charge >= 0.3 is 12.1 Å². The molecule has 0 aliphatic carbocycles. The van der Waals surface area contributed by atoms with Crippen LogP contribution in [-0.2, 0) is 10.2 Å². The number of benzene rings is 1. The van der Waals surface area contributed by atoms with Gasteiger partial charge < -0.3 is 9.47 Å². The Bertz CT molecular complexity index is 473. The number of hydrogen-bond acceptors (Lipinski definition) is 3. The molecule has 0 spiro atoms. The Morgan fingerprint density at radius 3 is 2.16 bits per heavy atom. The predicted octanol–water partition coefficient (Wildman–Crippen LogP) is 3.46. The number of ether oxygens (including phenoxy) is 2. The Kier molecular flexibility index (Phi) is 4.12. The molecule has 1 rings (SSSR count). The normalized spacial score (nSPS) is 12.2. The third kappa shape index (κ3) is 3.87. The maximum absolute atomic E-state index is 12.1. The molecule has 0 aromatic heterocycles. The first kappa shape index (κ1) is 15.3. The second kappa shape index (κ2) is 5.11. The maximum atomic E-state index is 12.1. The van der Waals surface area contributed by atoms with Gasteiger partial charge in [-0.3, -0.25) is 0 Å². The highest BCUT2D eigenvalue weighted by molar-refractivity contribution is 5.78. The fourth-order valence-corrected chi connectivity index (χ4v) is 1.50. The van der Waals surface area contributed by atoms with E-state index in [0.29, 0.717) is 11.3 Å². The topological polar surface area (TPSA) is 35.5 Å². The van der Waals surface area contributed by atoms with Crippen molar-refractivity contribution in [2.75, 3.05) is 7.11 Å². The second-order valence-electron chi connectivity index (χ2n) is 5.00. The quantitative estimate of drug-likeness (QED) is 0.613. The van der Waals surface area contributed by atoms with Crippen molar-refractivity contribution in [3.63, 3.8) is 0 Å². The predicted molar refractivity (Wildman–Crippen MR) is 63.4 cm³/mol. The van der Waals surface area contributed by atoms with Crippen LogP contribution in [0.25, 0.3) is 0 Å². The minimum absolute atomic E-state index is 0.159. The lowest BCUT2D eigenvalue weighted by Gasteiger charge is -2.22. The van der Waals surface area contributed by atoms with E-state index in [2.05, 4.69) is 4.74 Å². The lowest BCUT2D eigenvalue weighted by molar-refractivity contribution is -0.189. The number of esters is 1. The standard InChI is InChI=1S/C13H15F3O3/c1-12(2,3)9-7-8(5-6-10(9)18-4)19-11(17)13(14,15)16/h5-7H,1-4H3. The van der Waals surface area contributed by atoms with Crippen LogP contribution in [0, 0.1) is 0 Å². The number of carbonyl (C=O) groups excluding carboxylic acids is 1. The Balaban J connectivity index is 3.10. The van der Waals surface area contributed by atoms with Crippen LogP contribution in [0.4, 0.5) is 13.2 Å². The summed E-state index contributed by atoms with van der Waals surface area (Å²) in [6.07, 6.45) is -5.01. The van der Waals surface area contributed by atoms with Crippen molar-refractivity contribution in [3.05, 3.63) is 23.8 Å². The average molecular weight is 276 g/mol. The number of halogens is 3. The van der Waals surface area contributed by atoms with E-state index in [-0.39, 0.29) is 11.2 Å². The van der Waals surface area contributed by atoms with Crippen molar-refractivity contribution in [2.45, 2.75) is 32.4 Å². The van der Waals surface area contributed by atoms with Crippen molar-refractivity contribution in [1.82, 2.24) is 0 Å². The average Bonchev–Trinajstić information content (AvgIpc) is 2.26. The molecule has 1 aromatic carbocycles. The molecule has 0 heterocycles. The fourth-order valence-electron chi connectivity index (χ4n) is 1.50. The Labute approximate surface area is 109 Å². The largest absolute Gasteiger partial charge is 0.496 e. The van der Waals surface area contributed by atoms with E-state index in [1.807, 2.05) is 20.8 Å². The van der Waals surface area contributed by atoms with Crippen LogP contribution < -0.4 is 9.47 Å². The van der Waals surface area contributed by atoms with Gasteiger partial charge in [0.2, 0.25) is 0 Å². The van der Waals surface area contributed by atoms with Gasteiger partial charge in [-0.05, 0) is 23.6 Å². The molecule has 0 aliphatic heterocycles. The molecule has 0 fully saturated rings. The summed E-state index contributed by atoms with van der Waals surface area (Å²) < 4.78 is 45.8. The van der Waals surface area contributed by atoms with Crippen molar-refractivity contribution < 1.29 is 27.4 Å². The van der Waals surface area contributed by atoms with Gasteiger partial charge in [0.1, 0.15) is 11.5 Å². The number of hydrogen-bond donors (Lipinski definition) is 0. The van der Waals surface area contributed by atoms with Crippen LogP contribution >= 0.6 is 0 Å². The maximum Gasteiger partial charge on any atom is 0.491 e. The van der Waals surface area contributed by atoms with Gasteiger partial charge in [-0.2, -0.15) is 13.2 Å². The third-order valence-corrected chi connectivity index (χ3v) is 2.42. The van der Waals surface area contributed by atoms with Gasteiger partial charge in [0.05, 0.1) is 7.11 Å². The zero-order chi connectivity index (χ0) is 14.8. The molecular weight excluding hydrogens is 261 g/mol. The van der Waals surface area contributed by atoms with Crippen LogP contribution in [0.5, 0.6) is 11.5 Å². The van der Waals surface area contributed by atoms with Gasteiger partial charge in [0.15, 0.2) is 0 Å². The van der Waals surface area contributed by atoms with Crippen molar-refractivity contribution in [1.29, 1.82) is 0 Å². The van der Waals surface area contributed by atoms with Gasteiger partial charge in [0, 0.05) is 5.56 Å². The van der Waals surface area contributed by atoms with E-state index in [0.717, 1.165) is 0 Å². The van der Waals surface area contributed by atoms with Crippen LogP contribution in [0.3, 0.4) is 0 Å². The van der Waals surface area contributed by atoms with E-state index in [4.69, 9.17) is 4.74 Å². The zero-order valence-corrected chi connectivity index (χ0v) is 11.1. The molecule has 1 aromatic rings. The van der Waals surface area contributed by atoms with E-state index in [1.54, 1.807) is 0 Å². The van der Waals surface area contributed by atoms with Crippen molar-refractivity contribution in [2.24, 2.45) is 0 Å². The van der Waals surface area contributed by atoms with Crippen molar-refractivity contribution in [3.8, 4) is 11.5 Å². The summed E-state index contributed by atoms with van der Waals surface area (Å²) in [7, 11) is 1.46. The summed E-state index contributed by atoms with van der Waals surface area (Å²) in [5.41, 5.74) is 0.300. The van der Waals surface area contributed by atoms with Crippen molar-refractivity contribution >= 4 is 5.97 Å². The molecule has 0 radical (unpaired) electrons.